The van der Waals surface area contributed by atoms with Crippen LogP contribution in [0.2, 0.25) is 0 Å². The molecule has 0 unspecified atom stereocenters. The van der Waals surface area contributed by atoms with Gasteiger partial charge in [-0.1, -0.05) is 44.2 Å². The Morgan fingerprint density at radius 3 is 2.52 bits per heavy atom. The van der Waals surface area contributed by atoms with E-state index in [0.29, 0.717) is 6.54 Å². The molecule has 0 atom stereocenters. The van der Waals surface area contributed by atoms with Crippen molar-refractivity contribution >= 4 is 5.78 Å². The second-order valence-corrected chi connectivity index (χ2v) is 6.27. The van der Waals surface area contributed by atoms with Crippen molar-refractivity contribution in [3.8, 4) is 0 Å². The van der Waals surface area contributed by atoms with Crippen molar-refractivity contribution in [2.24, 2.45) is 12.5 Å². The minimum atomic E-state index is -0.418. The predicted octanol–water partition coefficient (Wildman–Crippen LogP) is 2.76. The lowest BCUT2D eigenvalue weighted by Crippen LogP contribution is -2.37. The predicted molar refractivity (Wildman–Crippen MR) is 84.1 cm³/mol. The number of ketones is 1. The van der Waals surface area contributed by atoms with Gasteiger partial charge in [0.1, 0.15) is 0 Å². The highest BCUT2D eigenvalue weighted by molar-refractivity contribution is 6.00. The minimum Gasteiger partial charge on any atom is -0.301 e. The van der Waals surface area contributed by atoms with E-state index in [2.05, 4.69) is 10.00 Å². The Kier molecular flexibility index (Phi) is 4.58. The first-order valence-electron chi connectivity index (χ1n) is 7.14. The van der Waals surface area contributed by atoms with Gasteiger partial charge in [-0.15, -0.1) is 0 Å². The van der Waals surface area contributed by atoms with Crippen LogP contribution in [0.15, 0.2) is 42.7 Å². The third-order valence-corrected chi connectivity index (χ3v) is 3.53. The largest absolute Gasteiger partial charge is 0.301 e. The van der Waals surface area contributed by atoms with Gasteiger partial charge in [-0.3, -0.25) is 9.48 Å². The lowest BCUT2D eigenvalue weighted by Gasteiger charge is -2.29. The van der Waals surface area contributed by atoms with Crippen LogP contribution < -0.4 is 0 Å². The van der Waals surface area contributed by atoms with Gasteiger partial charge in [-0.25, -0.2) is 0 Å². The second kappa shape index (κ2) is 6.22. The van der Waals surface area contributed by atoms with Gasteiger partial charge in [0.25, 0.3) is 0 Å². The standard InChI is InChI=1S/C17H23N3O/c1-17(2,16(21)15-8-6-5-7-9-15)13-19(3)11-14-10-18-20(4)12-14/h5-10,12H,11,13H2,1-4H3. The summed E-state index contributed by atoms with van der Waals surface area (Å²) in [5.41, 5.74) is 1.51. The Hall–Kier alpha value is -1.94. The maximum atomic E-state index is 12.6. The molecule has 0 aliphatic heterocycles. The summed E-state index contributed by atoms with van der Waals surface area (Å²) in [5, 5.41) is 4.17. The summed E-state index contributed by atoms with van der Waals surface area (Å²) in [4.78, 5) is 14.8. The van der Waals surface area contributed by atoms with Crippen LogP contribution in [0.1, 0.15) is 29.8 Å². The molecule has 2 rings (SSSR count). The molecule has 0 saturated carbocycles. The van der Waals surface area contributed by atoms with Gasteiger partial charge >= 0.3 is 0 Å². The van der Waals surface area contributed by atoms with Crippen molar-refractivity contribution in [1.82, 2.24) is 14.7 Å². The smallest absolute Gasteiger partial charge is 0.169 e. The average molecular weight is 285 g/mol. The Morgan fingerprint density at radius 2 is 1.95 bits per heavy atom. The van der Waals surface area contributed by atoms with Crippen LogP contribution >= 0.6 is 0 Å². The number of benzene rings is 1. The van der Waals surface area contributed by atoms with Gasteiger partial charge in [0.2, 0.25) is 0 Å². The SMILES string of the molecule is CN(Cc1cnn(C)c1)CC(C)(C)C(=O)c1ccccc1. The maximum absolute atomic E-state index is 12.6. The van der Waals surface area contributed by atoms with Gasteiger partial charge in [-0.05, 0) is 7.05 Å². The average Bonchev–Trinajstić information content (AvgIpc) is 2.83. The number of aromatic nitrogens is 2. The Bertz CT molecular complexity index is 602. The van der Waals surface area contributed by atoms with Crippen molar-refractivity contribution in [2.75, 3.05) is 13.6 Å². The monoisotopic (exact) mass is 285 g/mol. The number of hydrogen-bond donors (Lipinski definition) is 0. The zero-order chi connectivity index (χ0) is 15.5. The number of hydrogen-bond acceptors (Lipinski definition) is 3. The van der Waals surface area contributed by atoms with Crippen molar-refractivity contribution in [1.29, 1.82) is 0 Å². The third kappa shape index (κ3) is 4.02. The zero-order valence-electron chi connectivity index (χ0n) is 13.2. The summed E-state index contributed by atoms with van der Waals surface area (Å²) in [5.74, 6) is 0.182. The molecule has 0 bridgehead atoms. The number of carbonyl (C=O) groups is 1. The third-order valence-electron chi connectivity index (χ3n) is 3.53. The van der Waals surface area contributed by atoms with E-state index < -0.39 is 5.41 Å². The Balaban J connectivity index is 2.01. The van der Waals surface area contributed by atoms with Crippen LogP contribution in [-0.4, -0.2) is 34.1 Å². The van der Waals surface area contributed by atoms with Gasteiger partial charge in [0, 0.05) is 42.9 Å². The summed E-state index contributed by atoms with van der Waals surface area (Å²) in [6, 6.07) is 9.50. The molecule has 2 aromatic rings. The van der Waals surface area contributed by atoms with E-state index in [1.54, 1.807) is 4.68 Å². The highest BCUT2D eigenvalue weighted by atomic mass is 16.1. The molecule has 1 aromatic heterocycles. The van der Waals surface area contributed by atoms with E-state index in [-0.39, 0.29) is 5.78 Å². The molecule has 1 aromatic carbocycles. The quantitative estimate of drug-likeness (QED) is 0.766. The highest BCUT2D eigenvalue weighted by Gasteiger charge is 2.29. The molecule has 0 fully saturated rings. The van der Waals surface area contributed by atoms with Gasteiger partial charge in [-0.2, -0.15) is 5.10 Å². The van der Waals surface area contributed by atoms with Gasteiger partial charge in [0.15, 0.2) is 5.78 Å². The van der Waals surface area contributed by atoms with Crippen molar-refractivity contribution in [2.45, 2.75) is 20.4 Å². The van der Waals surface area contributed by atoms with Crippen LogP contribution in [-0.2, 0) is 13.6 Å². The molecule has 0 aliphatic carbocycles. The van der Waals surface area contributed by atoms with E-state index in [4.69, 9.17) is 0 Å². The first-order valence-corrected chi connectivity index (χ1v) is 7.14. The van der Waals surface area contributed by atoms with E-state index in [1.807, 2.05) is 70.7 Å². The van der Waals surface area contributed by atoms with E-state index in [1.165, 1.54) is 0 Å². The highest BCUT2D eigenvalue weighted by Crippen LogP contribution is 2.23. The molecule has 4 nitrogen and oxygen atoms in total. The Labute approximate surface area is 126 Å². The van der Waals surface area contributed by atoms with E-state index >= 15 is 0 Å². The van der Waals surface area contributed by atoms with Crippen LogP contribution in [0.5, 0.6) is 0 Å². The Morgan fingerprint density at radius 1 is 1.29 bits per heavy atom. The van der Waals surface area contributed by atoms with Crippen molar-refractivity contribution in [3.63, 3.8) is 0 Å². The summed E-state index contributed by atoms with van der Waals surface area (Å²) in [6.07, 6.45) is 3.87. The van der Waals surface area contributed by atoms with Crippen molar-refractivity contribution in [3.05, 3.63) is 53.9 Å². The first-order chi connectivity index (χ1) is 9.88. The lowest BCUT2D eigenvalue weighted by atomic mass is 9.83. The van der Waals surface area contributed by atoms with Crippen molar-refractivity contribution < 1.29 is 4.79 Å². The molecule has 112 valence electrons. The molecule has 0 N–H and O–H groups in total. The van der Waals surface area contributed by atoms with Gasteiger partial charge in [0.05, 0.1) is 6.20 Å². The zero-order valence-corrected chi connectivity index (χ0v) is 13.2. The number of Topliss-reactive ketones (excluding diaryl/α,β-unsaturated/α-hetero) is 1. The summed E-state index contributed by atoms with van der Waals surface area (Å²) >= 11 is 0. The van der Waals surface area contributed by atoms with E-state index in [0.717, 1.165) is 17.7 Å². The van der Waals surface area contributed by atoms with Crippen LogP contribution in [0.25, 0.3) is 0 Å². The maximum Gasteiger partial charge on any atom is 0.169 e. The lowest BCUT2D eigenvalue weighted by molar-refractivity contribution is 0.0779. The van der Waals surface area contributed by atoms with Crippen LogP contribution in [0.3, 0.4) is 0 Å². The number of carbonyl (C=O) groups excluding carboxylic acids is 1. The molecule has 4 heteroatoms. The number of aryl methyl sites for hydroxylation is 1. The number of nitrogens with zero attached hydrogens (tertiary/aromatic N) is 3. The molecular formula is C17H23N3O. The molecule has 0 radical (unpaired) electrons. The first kappa shape index (κ1) is 15.4. The summed E-state index contributed by atoms with van der Waals surface area (Å²) in [6.45, 7) is 5.50. The number of rotatable bonds is 6. The second-order valence-electron chi connectivity index (χ2n) is 6.27. The van der Waals surface area contributed by atoms with Crippen LogP contribution in [0.4, 0.5) is 0 Å². The van der Waals surface area contributed by atoms with E-state index in [9.17, 15) is 4.79 Å². The molecule has 0 spiro atoms. The molecule has 0 saturated heterocycles. The topological polar surface area (TPSA) is 38.1 Å². The fourth-order valence-electron chi connectivity index (χ4n) is 2.65. The van der Waals surface area contributed by atoms with Crippen LogP contribution in [0, 0.1) is 5.41 Å². The fraction of sp³-hybridized carbons (Fsp3) is 0.412. The minimum absolute atomic E-state index is 0.182. The molecule has 0 amide bonds. The summed E-state index contributed by atoms with van der Waals surface area (Å²) < 4.78 is 1.80. The fourth-order valence-corrected chi connectivity index (χ4v) is 2.65. The molecular weight excluding hydrogens is 262 g/mol. The normalized spacial score (nSPS) is 11.9. The van der Waals surface area contributed by atoms with Gasteiger partial charge < -0.3 is 4.90 Å². The molecule has 21 heavy (non-hydrogen) atoms. The molecule has 0 aliphatic rings. The summed E-state index contributed by atoms with van der Waals surface area (Å²) in [7, 11) is 3.94. The molecule has 1 heterocycles.